The van der Waals surface area contributed by atoms with Crippen LogP contribution in [-0.2, 0) is 4.74 Å². The van der Waals surface area contributed by atoms with Gasteiger partial charge in [-0.25, -0.2) is 9.59 Å². The summed E-state index contributed by atoms with van der Waals surface area (Å²) in [5.74, 6) is 0.848. The Labute approximate surface area is 217 Å². The van der Waals surface area contributed by atoms with Crippen LogP contribution in [-0.4, -0.2) is 19.0 Å². The molecule has 0 aliphatic heterocycles. The zero-order valence-corrected chi connectivity index (χ0v) is 22.0. The molecule has 0 bridgehead atoms. The number of hydrogen-bond donors (Lipinski definition) is 0. The number of esters is 2. The lowest BCUT2D eigenvalue weighted by molar-refractivity contribution is 0.0600. The summed E-state index contributed by atoms with van der Waals surface area (Å²) in [5.41, 5.74) is 8.72. The molecule has 4 aromatic carbocycles. The predicted molar refractivity (Wildman–Crippen MR) is 145 cm³/mol. The third kappa shape index (κ3) is 5.72. The number of methoxy groups -OCH3 is 1. The van der Waals surface area contributed by atoms with Gasteiger partial charge in [-0.05, 0) is 134 Å². The molecule has 4 aromatic rings. The molecule has 0 unspecified atom stereocenters. The quantitative estimate of drug-likeness (QED) is 0.203. The zero-order chi connectivity index (χ0) is 26.7. The van der Waals surface area contributed by atoms with Gasteiger partial charge in [0.05, 0.1) is 18.2 Å². The highest BCUT2D eigenvalue weighted by molar-refractivity contribution is 5.92. The molecule has 0 amide bonds. The maximum absolute atomic E-state index is 12.9. The van der Waals surface area contributed by atoms with E-state index in [1.807, 2.05) is 13.8 Å². The zero-order valence-electron chi connectivity index (χ0n) is 22.0. The summed E-state index contributed by atoms with van der Waals surface area (Å²) >= 11 is 0. The molecule has 5 nitrogen and oxygen atoms in total. The molecule has 0 fully saturated rings. The fraction of sp³-hybridized carbons (Fsp3) is 0.188. The summed E-state index contributed by atoms with van der Waals surface area (Å²) < 4.78 is 16.3. The van der Waals surface area contributed by atoms with Crippen LogP contribution < -0.4 is 9.47 Å². The predicted octanol–water partition coefficient (Wildman–Crippen LogP) is 7.69. The van der Waals surface area contributed by atoms with Crippen LogP contribution in [0.15, 0.2) is 72.8 Å². The summed E-state index contributed by atoms with van der Waals surface area (Å²) in [5, 5.41) is 0. The summed E-state index contributed by atoms with van der Waals surface area (Å²) in [7, 11) is 1.34. The number of ether oxygens (including phenoxy) is 3. The highest BCUT2D eigenvalue weighted by atomic mass is 16.5. The first-order valence-electron chi connectivity index (χ1n) is 12.0. The lowest BCUT2D eigenvalue weighted by atomic mass is 9.94. The molecule has 0 radical (unpaired) electrons. The SMILES string of the molecule is COC(=O)c1ccc(Oc2ccc(C(=O)Oc3c(C)cc(-c4cc(C)c(C)c(C)c4)cc3C)cc2)cc1. The Bertz CT molecular complexity index is 1420. The Balaban J connectivity index is 1.47. The number of rotatable bonds is 6. The molecular formula is C32H30O5. The van der Waals surface area contributed by atoms with Crippen molar-refractivity contribution in [3.05, 3.63) is 112 Å². The highest BCUT2D eigenvalue weighted by Gasteiger charge is 2.15. The van der Waals surface area contributed by atoms with Crippen molar-refractivity contribution in [2.45, 2.75) is 34.6 Å². The molecule has 0 saturated heterocycles. The average Bonchev–Trinajstić information content (AvgIpc) is 2.89. The van der Waals surface area contributed by atoms with E-state index in [2.05, 4.69) is 45.0 Å². The number of aryl methyl sites for hydroxylation is 4. The van der Waals surface area contributed by atoms with E-state index in [0.29, 0.717) is 28.4 Å². The van der Waals surface area contributed by atoms with E-state index in [9.17, 15) is 9.59 Å². The second kappa shape index (κ2) is 10.7. The number of benzene rings is 4. The van der Waals surface area contributed by atoms with Crippen LogP contribution in [0.5, 0.6) is 17.2 Å². The third-order valence-electron chi connectivity index (χ3n) is 6.52. The molecule has 5 heteroatoms. The molecule has 0 N–H and O–H groups in total. The van der Waals surface area contributed by atoms with E-state index >= 15 is 0 Å². The first kappa shape index (κ1) is 25.7. The fourth-order valence-electron chi connectivity index (χ4n) is 4.20. The van der Waals surface area contributed by atoms with Crippen LogP contribution in [0.2, 0.25) is 0 Å². The molecule has 0 spiro atoms. The van der Waals surface area contributed by atoms with E-state index in [0.717, 1.165) is 22.3 Å². The van der Waals surface area contributed by atoms with E-state index in [1.54, 1.807) is 48.5 Å². The summed E-state index contributed by atoms with van der Waals surface area (Å²) in [6.07, 6.45) is 0. The van der Waals surface area contributed by atoms with Crippen molar-refractivity contribution in [3.63, 3.8) is 0 Å². The summed E-state index contributed by atoms with van der Waals surface area (Å²) in [6, 6.07) is 21.9. The minimum absolute atomic E-state index is 0.408. The first-order valence-corrected chi connectivity index (χ1v) is 12.0. The fourth-order valence-corrected chi connectivity index (χ4v) is 4.20. The van der Waals surface area contributed by atoms with Gasteiger partial charge in [-0.3, -0.25) is 0 Å². The third-order valence-corrected chi connectivity index (χ3v) is 6.52. The minimum Gasteiger partial charge on any atom is -0.465 e. The van der Waals surface area contributed by atoms with Gasteiger partial charge in [-0.1, -0.05) is 12.1 Å². The van der Waals surface area contributed by atoms with Crippen molar-refractivity contribution in [1.29, 1.82) is 0 Å². The second-order valence-corrected chi connectivity index (χ2v) is 9.21. The van der Waals surface area contributed by atoms with Crippen LogP contribution in [0.4, 0.5) is 0 Å². The molecule has 0 aliphatic carbocycles. The Hall–Kier alpha value is -4.38. The molecule has 0 aromatic heterocycles. The molecule has 37 heavy (non-hydrogen) atoms. The van der Waals surface area contributed by atoms with Crippen LogP contribution in [0.3, 0.4) is 0 Å². The maximum Gasteiger partial charge on any atom is 0.343 e. The lowest BCUT2D eigenvalue weighted by Gasteiger charge is -2.15. The topological polar surface area (TPSA) is 61.8 Å². The molecule has 4 rings (SSSR count). The van der Waals surface area contributed by atoms with E-state index in [-0.39, 0.29) is 0 Å². The van der Waals surface area contributed by atoms with Crippen molar-refractivity contribution in [2.24, 2.45) is 0 Å². The van der Waals surface area contributed by atoms with Crippen molar-refractivity contribution >= 4 is 11.9 Å². The molecule has 0 saturated carbocycles. The minimum atomic E-state index is -0.435. The standard InChI is InChI=1S/C32H30O5/c1-19-15-26(16-20(2)23(19)5)27-17-21(3)30(22(4)18-27)37-32(34)25-9-13-29(14-10-25)36-28-11-7-24(8-12-28)31(33)35-6/h7-18H,1-6H3. The Morgan fingerprint density at radius 1 is 0.568 bits per heavy atom. The van der Waals surface area contributed by atoms with Crippen molar-refractivity contribution < 1.29 is 23.8 Å². The molecule has 0 atom stereocenters. The van der Waals surface area contributed by atoms with Gasteiger partial charge < -0.3 is 14.2 Å². The highest BCUT2D eigenvalue weighted by Crippen LogP contribution is 2.32. The van der Waals surface area contributed by atoms with Gasteiger partial charge in [-0.15, -0.1) is 0 Å². The van der Waals surface area contributed by atoms with Gasteiger partial charge in [0.15, 0.2) is 0 Å². The molecular weight excluding hydrogens is 464 g/mol. The van der Waals surface area contributed by atoms with Crippen molar-refractivity contribution in [3.8, 4) is 28.4 Å². The van der Waals surface area contributed by atoms with Gasteiger partial charge >= 0.3 is 11.9 Å². The normalized spacial score (nSPS) is 10.6. The van der Waals surface area contributed by atoms with Gasteiger partial charge in [0.2, 0.25) is 0 Å². The average molecular weight is 495 g/mol. The van der Waals surface area contributed by atoms with Crippen LogP contribution in [0.1, 0.15) is 48.5 Å². The summed E-state index contributed by atoms with van der Waals surface area (Å²) in [4.78, 5) is 24.5. The van der Waals surface area contributed by atoms with Gasteiger partial charge in [0.25, 0.3) is 0 Å². The Morgan fingerprint density at radius 3 is 1.41 bits per heavy atom. The number of carbonyl (C=O) groups is 2. The number of carbonyl (C=O) groups excluding carboxylic acids is 2. The van der Waals surface area contributed by atoms with Crippen LogP contribution in [0, 0.1) is 34.6 Å². The van der Waals surface area contributed by atoms with Gasteiger partial charge in [0.1, 0.15) is 17.2 Å². The molecule has 0 aliphatic rings. The molecule has 188 valence electrons. The Morgan fingerprint density at radius 2 is 0.973 bits per heavy atom. The van der Waals surface area contributed by atoms with E-state index in [1.165, 1.54) is 23.8 Å². The first-order chi connectivity index (χ1) is 17.7. The summed E-state index contributed by atoms with van der Waals surface area (Å²) in [6.45, 7) is 10.3. The Kier molecular flexibility index (Phi) is 7.44. The maximum atomic E-state index is 12.9. The van der Waals surface area contributed by atoms with Crippen LogP contribution >= 0.6 is 0 Å². The van der Waals surface area contributed by atoms with Crippen LogP contribution in [0.25, 0.3) is 11.1 Å². The molecule has 0 heterocycles. The van der Waals surface area contributed by atoms with Gasteiger partial charge in [-0.2, -0.15) is 0 Å². The lowest BCUT2D eigenvalue weighted by Crippen LogP contribution is -2.10. The van der Waals surface area contributed by atoms with E-state index in [4.69, 9.17) is 14.2 Å². The van der Waals surface area contributed by atoms with Crippen molar-refractivity contribution in [1.82, 2.24) is 0 Å². The monoisotopic (exact) mass is 494 g/mol. The second-order valence-electron chi connectivity index (χ2n) is 9.21. The van der Waals surface area contributed by atoms with E-state index < -0.39 is 11.9 Å². The number of hydrogen-bond acceptors (Lipinski definition) is 5. The van der Waals surface area contributed by atoms with Crippen molar-refractivity contribution in [2.75, 3.05) is 7.11 Å². The smallest absolute Gasteiger partial charge is 0.343 e. The van der Waals surface area contributed by atoms with Gasteiger partial charge in [0, 0.05) is 0 Å². The largest absolute Gasteiger partial charge is 0.465 e.